The number of alkyl halides is 5. The van der Waals surface area contributed by atoms with Gasteiger partial charge in [0.05, 0.1) is 6.61 Å². The van der Waals surface area contributed by atoms with Gasteiger partial charge < -0.3 is 4.74 Å². The zero-order valence-electron chi connectivity index (χ0n) is 11.7. The van der Waals surface area contributed by atoms with E-state index in [0.717, 1.165) is 0 Å². The van der Waals surface area contributed by atoms with Gasteiger partial charge in [-0.15, -0.1) is 0 Å². The summed E-state index contributed by atoms with van der Waals surface area (Å²) >= 11 is 0. The Labute approximate surface area is 128 Å². The molecule has 0 aliphatic rings. The van der Waals surface area contributed by atoms with Gasteiger partial charge in [0.1, 0.15) is 11.7 Å². The van der Waals surface area contributed by atoms with E-state index in [1.165, 1.54) is 6.92 Å². The molecule has 0 radical (unpaired) electrons. The second-order valence-electron chi connectivity index (χ2n) is 4.54. The Kier molecular flexibility index (Phi) is 6.84. The lowest BCUT2D eigenvalue weighted by Crippen LogP contribution is -2.46. The minimum Gasteiger partial charge on any atom is -0.462 e. The zero-order chi connectivity index (χ0) is 18.6. The predicted molar refractivity (Wildman–Crippen MR) is 66.1 cm³/mol. The van der Waals surface area contributed by atoms with E-state index in [9.17, 15) is 40.0 Å². The average molecular weight is 368 g/mol. The summed E-state index contributed by atoms with van der Waals surface area (Å²) in [6.45, 7) is 3.76. The monoisotopic (exact) mass is 368 g/mol. The Balaban J connectivity index is 4.98. The maximum atomic E-state index is 13.2. The highest BCUT2D eigenvalue weighted by Crippen LogP contribution is 2.43. The normalized spacial score (nSPS) is 14.2. The van der Waals surface area contributed by atoms with E-state index < -0.39 is 58.7 Å². The van der Waals surface area contributed by atoms with Crippen molar-refractivity contribution in [1.82, 2.24) is 0 Å². The van der Waals surface area contributed by atoms with Crippen LogP contribution in [0.25, 0.3) is 0 Å². The molecule has 0 spiro atoms. The van der Waals surface area contributed by atoms with Crippen molar-refractivity contribution < 1.29 is 49.2 Å². The maximum absolute atomic E-state index is 13.2. The van der Waals surface area contributed by atoms with E-state index in [-0.39, 0.29) is 5.57 Å². The van der Waals surface area contributed by atoms with Crippen LogP contribution in [0.3, 0.4) is 0 Å². The van der Waals surface area contributed by atoms with E-state index in [1.54, 1.807) is 0 Å². The number of carbonyl (C=O) groups excluding carboxylic acids is 2. The second-order valence-corrected chi connectivity index (χ2v) is 6.03. The van der Waals surface area contributed by atoms with Crippen LogP contribution in [0.2, 0.25) is 0 Å². The number of Topliss-reactive ketones (excluding diaryl/α,β-unsaturated/α-hetero) is 1. The van der Waals surface area contributed by atoms with Crippen LogP contribution in [0.15, 0.2) is 12.2 Å². The first kappa shape index (κ1) is 21.4. The molecule has 0 aromatic rings. The minimum absolute atomic E-state index is 0.0523. The van der Waals surface area contributed by atoms with Gasteiger partial charge in [-0.25, -0.2) is 4.79 Å². The van der Waals surface area contributed by atoms with Crippen molar-refractivity contribution in [2.75, 3.05) is 6.61 Å². The van der Waals surface area contributed by atoms with Gasteiger partial charge in [-0.2, -0.15) is 30.4 Å². The molecule has 23 heavy (non-hydrogen) atoms. The Morgan fingerprint density at radius 1 is 1.22 bits per heavy atom. The van der Waals surface area contributed by atoms with Crippen LogP contribution in [0.4, 0.5) is 22.0 Å². The Hall–Kier alpha value is -1.56. The maximum Gasteiger partial charge on any atom is 0.399 e. The largest absolute Gasteiger partial charge is 0.462 e. The summed E-state index contributed by atoms with van der Waals surface area (Å²) in [5, 5.41) is -5.59. The highest BCUT2D eigenvalue weighted by molar-refractivity contribution is 7.86. The standard InChI is InChI=1S/C11H13F5O6S/c1-6(2)9(18)22-4-3-7(17)5-8(10(12,13)14)11(15,16)23(19,20)21/h8H,1,3-5H2,2H3,(H,19,20,21). The number of hydrogen-bond donors (Lipinski definition) is 1. The van der Waals surface area contributed by atoms with E-state index >= 15 is 0 Å². The predicted octanol–water partition coefficient (Wildman–Crippen LogP) is 2.11. The van der Waals surface area contributed by atoms with Crippen molar-refractivity contribution in [2.24, 2.45) is 5.92 Å². The van der Waals surface area contributed by atoms with Crippen molar-refractivity contribution in [3.8, 4) is 0 Å². The van der Waals surface area contributed by atoms with Crippen molar-refractivity contribution >= 4 is 21.9 Å². The Morgan fingerprint density at radius 2 is 1.70 bits per heavy atom. The summed E-state index contributed by atoms with van der Waals surface area (Å²) in [7, 11) is -6.38. The first-order valence-electron chi connectivity index (χ1n) is 5.86. The van der Waals surface area contributed by atoms with Gasteiger partial charge in [0, 0.05) is 18.4 Å². The summed E-state index contributed by atoms with van der Waals surface area (Å²) in [5.41, 5.74) is -0.0523. The van der Waals surface area contributed by atoms with Gasteiger partial charge in [0.2, 0.25) is 0 Å². The van der Waals surface area contributed by atoms with Gasteiger partial charge in [-0.3, -0.25) is 9.35 Å². The number of carbonyl (C=O) groups is 2. The molecular formula is C11H13F5O6S. The van der Waals surface area contributed by atoms with Crippen LogP contribution in [0.1, 0.15) is 19.8 Å². The molecule has 0 aliphatic heterocycles. The lowest BCUT2D eigenvalue weighted by molar-refractivity contribution is -0.220. The fraction of sp³-hybridized carbons (Fsp3) is 0.636. The Morgan fingerprint density at radius 3 is 2.04 bits per heavy atom. The fourth-order valence-electron chi connectivity index (χ4n) is 1.32. The first-order valence-corrected chi connectivity index (χ1v) is 7.30. The molecule has 0 heterocycles. The quantitative estimate of drug-likeness (QED) is 0.305. The lowest BCUT2D eigenvalue weighted by atomic mass is 10.0. The van der Waals surface area contributed by atoms with Crippen molar-refractivity contribution in [2.45, 2.75) is 31.2 Å². The molecule has 0 bridgehead atoms. The van der Waals surface area contributed by atoms with Crippen molar-refractivity contribution in [3.63, 3.8) is 0 Å². The molecule has 134 valence electrons. The molecule has 0 saturated heterocycles. The van der Waals surface area contributed by atoms with Crippen LogP contribution < -0.4 is 0 Å². The summed E-state index contributed by atoms with van der Waals surface area (Å²) in [6.07, 6.45) is -8.50. The average Bonchev–Trinajstić information content (AvgIpc) is 2.32. The van der Waals surface area contributed by atoms with Gasteiger partial charge in [0.25, 0.3) is 0 Å². The third kappa shape index (κ3) is 6.22. The van der Waals surface area contributed by atoms with E-state index in [4.69, 9.17) is 4.55 Å². The van der Waals surface area contributed by atoms with Crippen molar-refractivity contribution in [3.05, 3.63) is 12.2 Å². The summed E-state index contributed by atoms with van der Waals surface area (Å²) in [5.74, 6) is -6.28. The van der Waals surface area contributed by atoms with E-state index in [2.05, 4.69) is 11.3 Å². The highest BCUT2D eigenvalue weighted by atomic mass is 32.2. The zero-order valence-corrected chi connectivity index (χ0v) is 12.5. The van der Waals surface area contributed by atoms with E-state index in [1.807, 2.05) is 0 Å². The molecule has 12 heteroatoms. The van der Waals surface area contributed by atoms with Gasteiger partial charge in [-0.05, 0) is 6.92 Å². The number of rotatable bonds is 8. The molecule has 1 N–H and O–H groups in total. The van der Waals surface area contributed by atoms with Crippen LogP contribution in [-0.4, -0.2) is 42.8 Å². The molecule has 0 rings (SSSR count). The Bertz CT molecular complexity index is 580. The number of hydrogen-bond acceptors (Lipinski definition) is 5. The molecule has 0 fully saturated rings. The topological polar surface area (TPSA) is 97.7 Å². The van der Waals surface area contributed by atoms with Gasteiger partial charge in [-0.1, -0.05) is 6.58 Å². The first-order chi connectivity index (χ1) is 10.1. The number of esters is 1. The van der Waals surface area contributed by atoms with Crippen LogP contribution in [0, 0.1) is 5.92 Å². The SMILES string of the molecule is C=C(C)C(=O)OCCC(=O)CC(C(F)(F)F)C(F)(F)S(=O)(=O)O. The molecular weight excluding hydrogens is 355 g/mol. The molecule has 0 saturated carbocycles. The van der Waals surface area contributed by atoms with E-state index in [0.29, 0.717) is 0 Å². The van der Waals surface area contributed by atoms with Crippen LogP contribution in [-0.2, 0) is 24.4 Å². The molecule has 0 aromatic heterocycles. The number of halogens is 5. The molecule has 0 amide bonds. The third-order valence-corrected chi connectivity index (χ3v) is 3.51. The minimum atomic E-state index is -6.38. The van der Waals surface area contributed by atoms with Crippen molar-refractivity contribution in [1.29, 1.82) is 0 Å². The molecule has 0 aliphatic carbocycles. The lowest BCUT2D eigenvalue weighted by Gasteiger charge is -2.25. The summed E-state index contributed by atoms with van der Waals surface area (Å²) in [6, 6.07) is 0. The summed E-state index contributed by atoms with van der Waals surface area (Å²) < 4.78 is 97.5. The molecule has 1 unspecified atom stereocenters. The van der Waals surface area contributed by atoms with Gasteiger partial charge >= 0.3 is 27.5 Å². The fourth-order valence-corrected chi connectivity index (χ4v) is 1.89. The highest BCUT2D eigenvalue weighted by Gasteiger charge is 2.63. The molecule has 6 nitrogen and oxygen atoms in total. The number of ketones is 1. The third-order valence-electron chi connectivity index (χ3n) is 2.54. The summed E-state index contributed by atoms with van der Waals surface area (Å²) in [4.78, 5) is 22.3. The smallest absolute Gasteiger partial charge is 0.399 e. The number of ether oxygens (including phenoxy) is 1. The van der Waals surface area contributed by atoms with Crippen LogP contribution >= 0.6 is 0 Å². The second kappa shape index (κ2) is 7.34. The van der Waals surface area contributed by atoms with Gasteiger partial charge in [0.15, 0.2) is 0 Å². The van der Waals surface area contributed by atoms with Crippen LogP contribution in [0.5, 0.6) is 0 Å². The molecule has 1 atom stereocenters. The molecule has 0 aromatic carbocycles.